The predicted molar refractivity (Wildman–Crippen MR) is 94.9 cm³/mol. The molecule has 0 unspecified atom stereocenters. The highest BCUT2D eigenvalue weighted by atomic mass is 32.2. The number of carbonyl (C=O) groups excluding carboxylic acids is 1. The van der Waals surface area contributed by atoms with Crippen molar-refractivity contribution in [3.05, 3.63) is 54.1 Å². The zero-order chi connectivity index (χ0) is 18.5. The Labute approximate surface area is 152 Å². The third-order valence-corrected chi connectivity index (χ3v) is 7.12. The standard InChI is InChI=1S/C19H19NO5S/c1-19-11-15(14-9-8-12(24-2)10-16(14)25-19)17(18(21)20-19)26(22,23)13-6-4-3-5-7-13/h3-10,15,17H,11H2,1-2H3,(H,20,21)/t15-,17-,19-/m0/s1. The molecule has 2 aliphatic rings. The van der Waals surface area contributed by atoms with Crippen molar-refractivity contribution in [1.82, 2.24) is 5.32 Å². The fourth-order valence-corrected chi connectivity index (χ4v) is 5.67. The van der Waals surface area contributed by atoms with Gasteiger partial charge in [-0.3, -0.25) is 4.79 Å². The molecule has 0 aromatic heterocycles. The molecule has 0 spiro atoms. The molecule has 2 aliphatic heterocycles. The molecule has 4 rings (SSSR count). The van der Waals surface area contributed by atoms with E-state index in [-0.39, 0.29) is 4.90 Å². The molecule has 2 aromatic carbocycles. The van der Waals surface area contributed by atoms with E-state index >= 15 is 0 Å². The van der Waals surface area contributed by atoms with Crippen LogP contribution in [-0.4, -0.2) is 32.4 Å². The topological polar surface area (TPSA) is 81.7 Å². The van der Waals surface area contributed by atoms with Gasteiger partial charge in [0.25, 0.3) is 0 Å². The Hall–Kier alpha value is -2.54. The summed E-state index contributed by atoms with van der Waals surface area (Å²) in [6.07, 6.45) is 0.384. The molecule has 6 nitrogen and oxygen atoms in total. The van der Waals surface area contributed by atoms with Crippen LogP contribution < -0.4 is 14.8 Å². The first-order valence-electron chi connectivity index (χ1n) is 8.32. The van der Waals surface area contributed by atoms with Gasteiger partial charge in [-0.25, -0.2) is 8.42 Å². The van der Waals surface area contributed by atoms with Gasteiger partial charge in [-0.1, -0.05) is 24.3 Å². The lowest BCUT2D eigenvalue weighted by Crippen LogP contribution is -2.63. The Morgan fingerprint density at radius 2 is 1.92 bits per heavy atom. The normalized spacial score (nSPS) is 27.1. The van der Waals surface area contributed by atoms with Gasteiger partial charge in [0.15, 0.2) is 20.8 Å². The molecule has 1 saturated heterocycles. The van der Waals surface area contributed by atoms with Crippen molar-refractivity contribution in [1.29, 1.82) is 0 Å². The Morgan fingerprint density at radius 1 is 1.19 bits per heavy atom. The van der Waals surface area contributed by atoms with E-state index in [1.54, 1.807) is 50.4 Å². The van der Waals surface area contributed by atoms with E-state index in [1.807, 2.05) is 0 Å². The van der Waals surface area contributed by atoms with Crippen molar-refractivity contribution in [2.75, 3.05) is 7.11 Å². The van der Waals surface area contributed by atoms with E-state index in [2.05, 4.69) is 5.32 Å². The van der Waals surface area contributed by atoms with Crippen LogP contribution in [0.2, 0.25) is 0 Å². The maximum Gasteiger partial charge on any atom is 0.242 e. The number of carbonyl (C=O) groups is 1. The molecular weight excluding hydrogens is 354 g/mol. The lowest BCUT2D eigenvalue weighted by molar-refractivity contribution is -0.132. The molecule has 136 valence electrons. The lowest BCUT2D eigenvalue weighted by Gasteiger charge is -2.46. The Balaban J connectivity index is 1.85. The van der Waals surface area contributed by atoms with Crippen LogP contribution in [0.25, 0.3) is 0 Å². The van der Waals surface area contributed by atoms with Gasteiger partial charge in [-0.2, -0.15) is 0 Å². The van der Waals surface area contributed by atoms with Gasteiger partial charge in [-0.15, -0.1) is 0 Å². The minimum Gasteiger partial charge on any atom is -0.497 e. The number of benzene rings is 2. The van der Waals surface area contributed by atoms with Crippen LogP contribution in [-0.2, 0) is 14.6 Å². The summed E-state index contributed by atoms with van der Waals surface area (Å²) in [5.41, 5.74) is -0.230. The number of nitrogens with one attached hydrogen (secondary N) is 1. The molecule has 2 bridgehead atoms. The number of fused-ring (bicyclic) bond motifs is 4. The van der Waals surface area contributed by atoms with Gasteiger partial charge in [0.05, 0.1) is 12.0 Å². The van der Waals surface area contributed by atoms with Crippen molar-refractivity contribution in [2.45, 2.75) is 35.1 Å². The number of methoxy groups -OCH3 is 1. The number of sulfone groups is 1. The average Bonchev–Trinajstić information content (AvgIpc) is 2.60. The van der Waals surface area contributed by atoms with E-state index in [1.165, 1.54) is 12.1 Å². The summed E-state index contributed by atoms with van der Waals surface area (Å²) in [7, 11) is -2.29. The number of hydrogen-bond acceptors (Lipinski definition) is 5. The van der Waals surface area contributed by atoms with Crippen molar-refractivity contribution < 1.29 is 22.7 Å². The molecule has 1 fully saturated rings. The molecule has 0 saturated carbocycles. The maximum atomic E-state index is 13.2. The Bertz CT molecular complexity index is 973. The average molecular weight is 373 g/mol. The quantitative estimate of drug-likeness (QED) is 0.892. The first-order valence-corrected chi connectivity index (χ1v) is 9.87. The second kappa shape index (κ2) is 5.74. The number of hydrogen-bond donors (Lipinski definition) is 1. The second-order valence-corrected chi connectivity index (χ2v) is 8.88. The molecule has 1 amide bonds. The van der Waals surface area contributed by atoms with Crippen LogP contribution in [0.5, 0.6) is 11.5 Å². The monoisotopic (exact) mass is 373 g/mol. The fourth-order valence-electron chi connectivity index (χ4n) is 3.83. The molecule has 1 N–H and O–H groups in total. The molecule has 7 heteroatoms. The first kappa shape index (κ1) is 16.9. The number of piperidine rings is 1. The van der Waals surface area contributed by atoms with E-state index in [0.717, 1.165) is 0 Å². The maximum absolute atomic E-state index is 13.2. The van der Waals surface area contributed by atoms with Crippen LogP contribution in [0.15, 0.2) is 53.4 Å². The van der Waals surface area contributed by atoms with E-state index in [9.17, 15) is 13.2 Å². The summed E-state index contributed by atoms with van der Waals surface area (Å²) < 4.78 is 37.6. The van der Waals surface area contributed by atoms with E-state index in [0.29, 0.717) is 23.5 Å². The summed E-state index contributed by atoms with van der Waals surface area (Å²) in [5, 5.41) is 1.55. The first-order chi connectivity index (χ1) is 12.3. The highest BCUT2D eigenvalue weighted by molar-refractivity contribution is 7.92. The largest absolute Gasteiger partial charge is 0.497 e. The van der Waals surface area contributed by atoms with Gasteiger partial charge >= 0.3 is 0 Å². The summed E-state index contributed by atoms with van der Waals surface area (Å²) in [5.74, 6) is 0.125. The van der Waals surface area contributed by atoms with E-state index < -0.39 is 32.6 Å². The zero-order valence-corrected chi connectivity index (χ0v) is 15.2. The number of ether oxygens (including phenoxy) is 2. The highest BCUT2D eigenvalue weighted by Crippen LogP contribution is 2.48. The highest BCUT2D eigenvalue weighted by Gasteiger charge is 2.54. The third kappa shape index (κ3) is 2.54. The van der Waals surface area contributed by atoms with Crippen molar-refractivity contribution in [3.8, 4) is 11.5 Å². The summed E-state index contributed by atoms with van der Waals surface area (Å²) in [6, 6.07) is 13.3. The molecule has 0 aliphatic carbocycles. The number of rotatable bonds is 3. The molecule has 2 heterocycles. The second-order valence-electron chi connectivity index (χ2n) is 6.82. The van der Waals surface area contributed by atoms with Crippen LogP contribution in [0, 0.1) is 0 Å². The SMILES string of the molecule is COc1ccc2c(c1)O[C@@]1(C)C[C@@H]2[C@H](S(=O)(=O)c2ccccc2)C(=O)N1. The minimum absolute atomic E-state index is 0.144. The fraction of sp³-hybridized carbons (Fsp3) is 0.316. The number of amides is 1. The predicted octanol–water partition coefficient (Wildman–Crippen LogP) is 2.25. The van der Waals surface area contributed by atoms with Gasteiger partial charge in [0.1, 0.15) is 11.5 Å². The van der Waals surface area contributed by atoms with Crippen LogP contribution >= 0.6 is 0 Å². The van der Waals surface area contributed by atoms with Crippen molar-refractivity contribution >= 4 is 15.7 Å². The molecule has 3 atom stereocenters. The van der Waals surface area contributed by atoms with Gasteiger partial charge in [0.2, 0.25) is 5.91 Å². The smallest absolute Gasteiger partial charge is 0.242 e. The molecule has 26 heavy (non-hydrogen) atoms. The van der Waals surface area contributed by atoms with Crippen molar-refractivity contribution in [2.24, 2.45) is 0 Å². The van der Waals surface area contributed by atoms with Crippen molar-refractivity contribution in [3.63, 3.8) is 0 Å². The van der Waals surface area contributed by atoms with Crippen LogP contribution in [0.1, 0.15) is 24.8 Å². The molecule has 0 radical (unpaired) electrons. The lowest BCUT2D eigenvalue weighted by atomic mass is 9.81. The van der Waals surface area contributed by atoms with Gasteiger partial charge < -0.3 is 14.8 Å². The van der Waals surface area contributed by atoms with Gasteiger partial charge in [0, 0.05) is 18.4 Å². The Morgan fingerprint density at radius 3 is 2.62 bits per heavy atom. The van der Waals surface area contributed by atoms with E-state index in [4.69, 9.17) is 9.47 Å². The van der Waals surface area contributed by atoms with Gasteiger partial charge in [-0.05, 0) is 30.7 Å². The zero-order valence-electron chi connectivity index (χ0n) is 14.4. The van der Waals surface area contributed by atoms with Crippen LogP contribution in [0.4, 0.5) is 0 Å². The summed E-state index contributed by atoms with van der Waals surface area (Å²) in [4.78, 5) is 12.9. The van der Waals surface area contributed by atoms with Crippen LogP contribution in [0.3, 0.4) is 0 Å². The third-order valence-electron chi connectivity index (χ3n) is 4.98. The summed E-state index contributed by atoms with van der Waals surface area (Å²) >= 11 is 0. The molecular formula is C19H19NO5S. The molecule has 2 aromatic rings. The summed E-state index contributed by atoms with van der Waals surface area (Å²) in [6.45, 7) is 1.76. The minimum atomic E-state index is -3.85. The Kier molecular flexibility index (Phi) is 3.73.